The molecule has 0 spiro atoms. The molecule has 1 aliphatic rings. The smallest absolute Gasteiger partial charge is 0.227 e. The number of hydrogen-bond donors (Lipinski definition) is 1. The van der Waals surface area contributed by atoms with Crippen LogP contribution < -0.4 is 5.32 Å². The predicted octanol–water partition coefficient (Wildman–Crippen LogP) is 3.73. The molecule has 1 amide bonds. The van der Waals surface area contributed by atoms with Crippen molar-refractivity contribution >= 4 is 34.2 Å². The second-order valence-corrected chi connectivity index (χ2v) is 5.62. The molecule has 1 aromatic rings. The summed E-state index contributed by atoms with van der Waals surface area (Å²) in [6.45, 7) is 2.06. The fourth-order valence-electron chi connectivity index (χ4n) is 2.14. The van der Waals surface area contributed by atoms with Gasteiger partial charge in [-0.25, -0.2) is 0 Å². The Bertz CT molecular complexity index is 397. The largest absolute Gasteiger partial charge is 0.325 e. The molecule has 1 fully saturated rings. The second kappa shape index (κ2) is 5.17. The molecular weight excluding hydrogens is 313 g/mol. The summed E-state index contributed by atoms with van der Waals surface area (Å²) in [6.07, 6.45) is 4.49. The molecule has 0 bridgehead atoms. The number of rotatable bonds is 2. The maximum atomic E-state index is 11.9. The molecule has 86 valence electrons. The summed E-state index contributed by atoms with van der Waals surface area (Å²) in [5.41, 5.74) is 2.17. The quantitative estimate of drug-likeness (QED) is 0.823. The van der Waals surface area contributed by atoms with Gasteiger partial charge in [-0.1, -0.05) is 18.9 Å². The highest BCUT2D eigenvalue weighted by Gasteiger charge is 2.22. The van der Waals surface area contributed by atoms with Gasteiger partial charge in [-0.05, 0) is 60.1 Å². The molecule has 2 nitrogen and oxygen atoms in total. The Hall–Kier alpha value is -0.580. The molecule has 3 heteroatoms. The fourth-order valence-corrected chi connectivity index (χ4v) is 2.95. The van der Waals surface area contributed by atoms with Gasteiger partial charge in [0.2, 0.25) is 5.91 Å². The van der Waals surface area contributed by atoms with Gasteiger partial charge in [-0.3, -0.25) is 4.79 Å². The lowest BCUT2D eigenvalue weighted by molar-refractivity contribution is -0.119. The van der Waals surface area contributed by atoms with Crippen LogP contribution in [0.15, 0.2) is 18.2 Å². The van der Waals surface area contributed by atoms with Crippen molar-refractivity contribution in [3.8, 4) is 0 Å². The number of hydrogen-bond acceptors (Lipinski definition) is 1. The number of nitrogens with one attached hydrogen (secondary N) is 1. The van der Waals surface area contributed by atoms with Crippen molar-refractivity contribution in [2.24, 2.45) is 5.92 Å². The first-order chi connectivity index (χ1) is 7.66. The summed E-state index contributed by atoms with van der Waals surface area (Å²) in [4.78, 5) is 11.9. The minimum Gasteiger partial charge on any atom is -0.325 e. The highest BCUT2D eigenvalue weighted by Crippen LogP contribution is 2.27. The number of aryl methyl sites for hydroxylation is 1. The van der Waals surface area contributed by atoms with Crippen molar-refractivity contribution in [2.45, 2.75) is 32.6 Å². The van der Waals surface area contributed by atoms with Gasteiger partial charge in [0.1, 0.15) is 0 Å². The molecule has 0 atom stereocenters. The van der Waals surface area contributed by atoms with E-state index < -0.39 is 0 Å². The van der Waals surface area contributed by atoms with Gasteiger partial charge in [0.25, 0.3) is 0 Å². The van der Waals surface area contributed by atoms with E-state index in [-0.39, 0.29) is 11.8 Å². The zero-order valence-electron chi connectivity index (χ0n) is 9.42. The maximum Gasteiger partial charge on any atom is 0.227 e. The Morgan fingerprint density at radius 2 is 2.06 bits per heavy atom. The first-order valence-corrected chi connectivity index (χ1v) is 6.82. The van der Waals surface area contributed by atoms with Crippen LogP contribution in [0.25, 0.3) is 0 Å². The van der Waals surface area contributed by atoms with Crippen LogP contribution in [-0.2, 0) is 4.79 Å². The third-order valence-electron chi connectivity index (χ3n) is 3.11. The van der Waals surface area contributed by atoms with Crippen LogP contribution in [0, 0.1) is 16.4 Å². The second-order valence-electron chi connectivity index (χ2n) is 4.45. The lowest BCUT2D eigenvalue weighted by Crippen LogP contribution is -2.20. The van der Waals surface area contributed by atoms with Crippen molar-refractivity contribution in [3.05, 3.63) is 27.3 Å². The van der Waals surface area contributed by atoms with Crippen molar-refractivity contribution < 1.29 is 4.79 Å². The summed E-state index contributed by atoms with van der Waals surface area (Å²) in [5, 5.41) is 3.03. The van der Waals surface area contributed by atoms with E-state index in [9.17, 15) is 4.79 Å². The number of anilines is 1. The zero-order chi connectivity index (χ0) is 11.5. The van der Waals surface area contributed by atoms with E-state index in [4.69, 9.17) is 0 Å². The predicted molar refractivity (Wildman–Crippen MR) is 74.5 cm³/mol. The van der Waals surface area contributed by atoms with Crippen LogP contribution in [0.4, 0.5) is 5.69 Å². The van der Waals surface area contributed by atoms with E-state index in [0.717, 1.165) is 22.1 Å². The molecule has 0 saturated heterocycles. The Morgan fingerprint density at radius 1 is 1.38 bits per heavy atom. The number of benzene rings is 1. The van der Waals surface area contributed by atoms with Crippen LogP contribution in [0.1, 0.15) is 31.2 Å². The lowest BCUT2D eigenvalue weighted by atomic mass is 10.1. The van der Waals surface area contributed by atoms with Crippen molar-refractivity contribution in [2.75, 3.05) is 5.32 Å². The molecular formula is C13H16INO. The molecule has 16 heavy (non-hydrogen) atoms. The van der Waals surface area contributed by atoms with Gasteiger partial charge < -0.3 is 5.32 Å². The Balaban J connectivity index is 2.05. The van der Waals surface area contributed by atoms with Gasteiger partial charge in [-0.15, -0.1) is 0 Å². The van der Waals surface area contributed by atoms with Crippen LogP contribution in [0.2, 0.25) is 0 Å². The molecule has 0 aromatic heterocycles. The average molecular weight is 329 g/mol. The number of amides is 1. The molecule has 0 radical (unpaired) electrons. The first kappa shape index (κ1) is 11.9. The van der Waals surface area contributed by atoms with Gasteiger partial charge in [0.15, 0.2) is 0 Å². The van der Waals surface area contributed by atoms with Crippen LogP contribution in [0.5, 0.6) is 0 Å². The Morgan fingerprint density at radius 3 is 2.69 bits per heavy atom. The third kappa shape index (κ3) is 2.75. The summed E-state index contributed by atoms with van der Waals surface area (Å²) in [6, 6.07) is 6.11. The third-order valence-corrected chi connectivity index (χ3v) is 4.00. The van der Waals surface area contributed by atoms with Gasteiger partial charge in [0.05, 0.1) is 5.69 Å². The molecule has 0 aliphatic heterocycles. The molecule has 0 unspecified atom stereocenters. The summed E-state index contributed by atoms with van der Waals surface area (Å²) >= 11 is 2.27. The fraction of sp³-hybridized carbons (Fsp3) is 0.462. The Labute approximate surface area is 110 Å². The number of carbonyl (C=O) groups is 1. The maximum absolute atomic E-state index is 11.9. The van der Waals surface area contributed by atoms with Gasteiger partial charge in [0, 0.05) is 9.49 Å². The molecule has 1 saturated carbocycles. The minimum absolute atomic E-state index is 0.194. The summed E-state index contributed by atoms with van der Waals surface area (Å²) in [7, 11) is 0. The average Bonchev–Trinajstić information content (AvgIpc) is 2.75. The SMILES string of the molecule is Cc1ccc(NC(=O)C2CCCC2)c(I)c1. The van der Waals surface area contributed by atoms with Gasteiger partial charge in [-0.2, -0.15) is 0 Å². The van der Waals surface area contributed by atoms with Crippen LogP contribution in [-0.4, -0.2) is 5.91 Å². The lowest BCUT2D eigenvalue weighted by Gasteiger charge is -2.12. The highest BCUT2D eigenvalue weighted by atomic mass is 127. The first-order valence-electron chi connectivity index (χ1n) is 5.74. The minimum atomic E-state index is 0.194. The van der Waals surface area contributed by atoms with Crippen LogP contribution in [0.3, 0.4) is 0 Å². The Kier molecular flexibility index (Phi) is 3.84. The van der Waals surface area contributed by atoms with E-state index in [1.807, 2.05) is 12.1 Å². The van der Waals surface area contributed by atoms with E-state index in [0.29, 0.717) is 0 Å². The topological polar surface area (TPSA) is 29.1 Å². The zero-order valence-corrected chi connectivity index (χ0v) is 11.6. The van der Waals surface area contributed by atoms with E-state index in [2.05, 4.69) is 40.9 Å². The number of carbonyl (C=O) groups excluding carboxylic acids is 1. The van der Waals surface area contributed by atoms with Crippen LogP contribution >= 0.6 is 22.6 Å². The van der Waals surface area contributed by atoms with E-state index in [1.54, 1.807) is 0 Å². The van der Waals surface area contributed by atoms with Crippen molar-refractivity contribution in [3.63, 3.8) is 0 Å². The monoisotopic (exact) mass is 329 g/mol. The van der Waals surface area contributed by atoms with Crippen molar-refractivity contribution in [1.82, 2.24) is 0 Å². The summed E-state index contributed by atoms with van der Waals surface area (Å²) < 4.78 is 1.11. The van der Waals surface area contributed by atoms with E-state index in [1.165, 1.54) is 18.4 Å². The highest BCUT2D eigenvalue weighted by molar-refractivity contribution is 14.1. The normalized spacial score (nSPS) is 16.4. The molecule has 1 N–H and O–H groups in total. The molecule has 2 rings (SSSR count). The van der Waals surface area contributed by atoms with Crippen molar-refractivity contribution in [1.29, 1.82) is 0 Å². The molecule has 1 aromatic carbocycles. The standard InChI is InChI=1S/C13H16INO/c1-9-6-7-12(11(14)8-9)15-13(16)10-4-2-3-5-10/h6-8,10H,2-5H2,1H3,(H,15,16). The molecule has 1 aliphatic carbocycles. The molecule has 0 heterocycles. The number of halogens is 1. The van der Waals surface area contributed by atoms with E-state index >= 15 is 0 Å². The van der Waals surface area contributed by atoms with Gasteiger partial charge >= 0.3 is 0 Å². The summed E-state index contributed by atoms with van der Waals surface area (Å²) in [5.74, 6) is 0.427.